The first-order valence-electron chi connectivity index (χ1n) is 8.54. The second-order valence-corrected chi connectivity index (χ2v) is 7.74. The second kappa shape index (κ2) is 9.07. The summed E-state index contributed by atoms with van der Waals surface area (Å²) in [5.74, 6) is -5.90. The number of hydrogen-bond donors (Lipinski definition) is 1. The fourth-order valence-electron chi connectivity index (χ4n) is 2.31. The largest absolute Gasteiger partial charge is 0.462 e. The van der Waals surface area contributed by atoms with E-state index in [2.05, 4.69) is 4.74 Å². The molecule has 0 radical (unpaired) electrons. The highest BCUT2D eigenvalue weighted by molar-refractivity contribution is 7.89. The van der Waals surface area contributed by atoms with Crippen molar-refractivity contribution in [3.63, 3.8) is 0 Å². The Kier molecular flexibility index (Phi) is 7.04. The summed E-state index contributed by atoms with van der Waals surface area (Å²) in [5, 5.41) is 0. The van der Waals surface area contributed by atoms with Crippen molar-refractivity contribution >= 4 is 22.1 Å². The van der Waals surface area contributed by atoms with Gasteiger partial charge in [-0.3, -0.25) is 0 Å². The Hall–Kier alpha value is -2.58. The van der Waals surface area contributed by atoms with E-state index in [0.717, 1.165) is 11.6 Å². The molecule has 0 saturated heterocycles. The van der Waals surface area contributed by atoms with Crippen LogP contribution in [0.2, 0.25) is 0 Å². The minimum Gasteiger partial charge on any atom is -0.462 e. The number of esters is 1. The van der Waals surface area contributed by atoms with Gasteiger partial charge in [0, 0.05) is 0 Å². The molecule has 0 aromatic heterocycles. The Morgan fingerprint density at radius 1 is 1.14 bits per heavy atom. The first-order valence-corrected chi connectivity index (χ1v) is 10.0. The topological polar surface area (TPSA) is 72.5 Å². The van der Waals surface area contributed by atoms with Crippen LogP contribution in [-0.4, -0.2) is 33.0 Å². The van der Waals surface area contributed by atoms with Gasteiger partial charge in [-0.25, -0.2) is 13.2 Å². The molecule has 0 heterocycles. The first-order chi connectivity index (χ1) is 13.2. The minimum atomic E-state index is -4.30. The summed E-state index contributed by atoms with van der Waals surface area (Å²) < 4.78 is 60.7. The van der Waals surface area contributed by atoms with Crippen molar-refractivity contribution in [1.82, 2.24) is 4.72 Å². The van der Waals surface area contributed by atoms with Crippen molar-refractivity contribution in [2.24, 2.45) is 0 Å². The predicted molar refractivity (Wildman–Crippen MR) is 102 cm³/mol. The second-order valence-electron chi connectivity index (χ2n) is 6.03. The van der Waals surface area contributed by atoms with Crippen molar-refractivity contribution in [2.75, 3.05) is 6.61 Å². The van der Waals surface area contributed by atoms with Crippen LogP contribution in [0.5, 0.6) is 0 Å². The Balaban J connectivity index is 2.38. The lowest BCUT2D eigenvalue weighted by molar-refractivity contribution is -0.173. The molecule has 0 bridgehead atoms. The fourth-order valence-corrected chi connectivity index (χ4v) is 3.50. The average molecular weight is 409 g/mol. The zero-order chi connectivity index (χ0) is 20.8. The van der Waals surface area contributed by atoms with Crippen LogP contribution in [-0.2, 0) is 19.6 Å². The van der Waals surface area contributed by atoms with Crippen LogP contribution in [0.4, 0.5) is 8.78 Å². The van der Waals surface area contributed by atoms with Gasteiger partial charge in [0.1, 0.15) is 6.04 Å². The molecule has 28 heavy (non-hydrogen) atoms. The summed E-state index contributed by atoms with van der Waals surface area (Å²) in [7, 11) is -4.30. The number of ether oxygens (including phenoxy) is 1. The van der Waals surface area contributed by atoms with Crippen LogP contribution in [0.15, 0.2) is 65.6 Å². The third-order valence-electron chi connectivity index (χ3n) is 3.83. The molecule has 1 unspecified atom stereocenters. The summed E-state index contributed by atoms with van der Waals surface area (Å²) in [4.78, 5) is 11.6. The number of benzene rings is 2. The maximum absolute atomic E-state index is 14.6. The van der Waals surface area contributed by atoms with E-state index in [1.54, 1.807) is 49.4 Å². The van der Waals surface area contributed by atoms with Crippen LogP contribution in [0.3, 0.4) is 0 Å². The highest BCUT2D eigenvalue weighted by atomic mass is 32.2. The van der Waals surface area contributed by atoms with Crippen molar-refractivity contribution < 1.29 is 26.7 Å². The number of hydrogen-bond acceptors (Lipinski definition) is 4. The zero-order valence-electron chi connectivity index (χ0n) is 15.4. The summed E-state index contributed by atoms with van der Waals surface area (Å²) in [6.07, 6.45) is 2.26. The van der Waals surface area contributed by atoms with Crippen LogP contribution in [0, 0.1) is 6.92 Å². The molecule has 1 atom stereocenters. The van der Waals surface area contributed by atoms with E-state index in [4.69, 9.17) is 0 Å². The van der Waals surface area contributed by atoms with Gasteiger partial charge in [0.15, 0.2) is 0 Å². The number of carbonyl (C=O) groups is 1. The number of halogens is 2. The SMILES string of the molecule is CCOC(=O)C(F)(F)C(/C=C/c1ccccc1)NS(=O)(=O)c1ccc(C)cc1. The molecule has 150 valence electrons. The van der Waals surface area contributed by atoms with Crippen molar-refractivity contribution in [3.8, 4) is 0 Å². The molecule has 0 aliphatic rings. The Morgan fingerprint density at radius 2 is 1.75 bits per heavy atom. The first kappa shape index (κ1) is 21.7. The van der Waals surface area contributed by atoms with Crippen LogP contribution >= 0.6 is 0 Å². The van der Waals surface area contributed by atoms with Gasteiger partial charge in [0.05, 0.1) is 11.5 Å². The number of sulfonamides is 1. The number of alkyl halides is 2. The lowest BCUT2D eigenvalue weighted by atomic mass is 10.1. The molecule has 2 aromatic carbocycles. The Morgan fingerprint density at radius 3 is 2.32 bits per heavy atom. The lowest BCUT2D eigenvalue weighted by Crippen LogP contribution is -2.51. The lowest BCUT2D eigenvalue weighted by Gasteiger charge is -2.23. The molecular formula is C20H21F2NO4S. The van der Waals surface area contributed by atoms with Gasteiger partial charge in [-0.15, -0.1) is 0 Å². The molecule has 8 heteroatoms. The Labute approximate surface area is 163 Å². The van der Waals surface area contributed by atoms with Gasteiger partial charge in [-0.05, 0) is 31.5 Å². The molecule has 2 aromatic rings. The quantitative estimate of drug-likeness (QED) is 0.677. The van der Waals surface area contributed by atoms with Gasteiger partial charge in [-0.1, -0.05) is 60.2 Å². The number of rotatable bonds is 8. The molecule has 1 N–H and O–H groups in total. The molecule has 0 spiro atoms. The molecule has 5 nitrogen and oxygen atoms in total. The maximum atomic E-state index is 14.6. The fraction of sp³-hybridized carbons (Fsp3) is 0.250. The standard InChI is InChI=1S/C20H21F2NO4S/c1-3-27-19(24)20(21,22)18(14-11-16-7-5-4-6-8-16)23-28(25,26)17-12-9-15(2)10-13-17/h4-14,18,23H,3H2,1-2H3/b14-11+. The molecule has 0 fully saturated rings. The van der Waals surface area contributed by atoms with Crippen molar-refractivity contribution in [2.45, 2.75) is 30.7 Å². The van der Waals surface area contributed by atoms with Gasteiger partial charge in [-0.2, -0.15) is 13.5 Å². The highest BCUT2D eigenvalue weighted by Crippen LogP contribution is 2.25. The average Bonchev–Trinajstić information content (AvgIpc) is 2.66. The third-order valence-corrected chi connectivity index (χ3v) is 5.29. The molecule has 2 rings (SSSR count). The number of nitrogens with one attached hydrogen (secondary N) is 1. The maximum Gasteiger partial charge on any atom is 0.379 e. The molecular weight excluding hydrogens is 388 g/mol. The summed E-state index contributed by atoms with van der Waals surface area (Å²) in [6, 6.07) is 12.1. The smallest absolute Gasteiger partial charge is 0.379 e. The van der Waals surface area contributed by atoms with Crippen LogP contribution < -0.4 is 4.72 Å². The third kappa shape index (κ3) is 5.46. The molecule has 0 aliphatic carbocycles. The van der Waals surface area contributed by atoms with E-state index in [9.17, 15) is 22.0 Å². The number of aryl methyl sites for hydroxylation is 1. The van der Waals surface area contributed by atoms with E-state index in [-0.39, 0.29) is 11.5 Å². The van der Waals surface area contributed by atoms with Gasteiger partial charge < -0.3 is 4.74 Å². The molecule has 0 aliphatic heterocycles. The molecule has 0 saturated carbocycles. The molecule has 0 amide bonds. The van der Waals surface area contributed by atoms with Crippen molar-refractivity contribution in [3.05, 3.63) is 71.8 Å². The Bertz CT molecular complexity index is 926. The highest BCUT2D eigenvalue weighted by Gasteiger charge is 2.49. The van der Waals surface area contributed by atoms with E-state index in [1.165, 1.54) is 25.1 Å². The predicted octanol–water partition coefficient (Wildman–Crippen LogP) is 3.55. The van der Waals surface area contributed by atoms with Crippen LogP contribution in [0.1, 0.15) is 18.1 Å². The van der Waals surface area contributed by atoms with E-state index >= 15 is 0 Å². The van der Waals surface area contributed by atoms with Crippen molar-refractivity contribution in [1.29, 1.82) is 0 Å². The summed E-state index contributed by atoms with van der Waals surface area (Å²) in [6.45, 7) is 2.90. The summed E-state index contributed by atoms with van der Waals surface area (Å²) >= 11 is 0. The van der Waals surface area contributed by atoms with Crippen LogP contribution in [0.25, 0.3) is 6.08 Å². The van der Waals surface area contributed by atoms with Gasteiger partial charge >= 0.3 is 11.9 Å². The zero-order valence-corrected chi connectivity index (χ0v) is 16.2. The normalized spacial score (nSPS) is 13.4. The van der Waals surface area contributed by atoms with Gasteiger partial charge in [0.2, 0.25) is 10.0 Å². The van der Waals surface area contributed by atoms with E-state index < -0.39 is 28.0 Å². The van der Waals surface area contributed by atoms with Gasteiger partial charge in [0.25, 0.3) is 0 Å². The van der Waals surface area contributed by atoms with E-state index in [0.29, 0.717) is 5.56 Å². The van der Waals surface area contributed by atoms with E-state index in [1.807, 2.05) is 4.72 Å². The monoisotopic (exact) mass is 409 g/mol. The summed E-state index contributed by atoms with van der Waals surface area (Å²) in [5.41, 5.74) is 1.39. The minimum absolute atomic E-state index is 0.184. The number of carbonyl (C=O) groups excluding carboxylic acids is 1.